The predicted molar refractivity (Wildman–Crippen MR) is 63.9 cm³/mol. The molecule has 3 rings (SSSR count). The Bertz CT molecular complexity index is 708. The second-order valence-electron chi connectivity index (χ2n) is 4.02. The van der Waals surface area contributed by atoms with Crippen LogP contribution in [-0.4, -0.2) is 19.7 Å². The average Bonchev–Trinajstić information content (AvgIpc) is 2.70. The molecular weight excluding hydrogens is 233 g/mol. The maximum Gasteiger partial charge on any atom is 0.156 e. The summed E-state index contributed by atoms with van der Waals surface area (Å²) in [5.41, 5.74) is 1.47. The summed E-state index contributed by atoms with van der Waals surface area (Å²) in [4.78, 5) is 4.30. The number of rotatable bonds is 2. The Kier molecular flexibility index (Phi) is 2.44. The third-order valence-electron chi connectivity index (χ3n) is 2.61. The van der Waals surface area contributed by atoms with E-state index < -0.39 is 0 Å². The summed E-state index contributed by atoms with van der Waals surface area (Å²) < 4.78 is 14.6. The van der Waals surface area contributed by atoms with Gasteiger partial charge in [-0.2, -0.15) is 5.10 Å². The first-order valence-electron chi connectivity index (χ1n) is 5.49. The smallest absolute Gasteiger partial charge is 0.156 e. The highest BCUT2D eigenvalue weighted by Gasteiger charge is 2.05. The van der Waals surface area contributed by atoms with Crippen LogP contribution < -0.4 is 0 Å². The molecule has 90 valence electrons. The Morgan fingerprint density at radius 2 is 2.11 bits per heavy atom. The molecule has 1 aromatic carbocycles. The minimum atomic E-state index is -0.270. The lowest BCUT2D eigenvalue weighted by Gasteiger charge is -1.96. The summed E-state index contributed by atoms with van der Waals surface area (Å²) >= 11 is 0. The van der Waals surface area contributed by atoms with Crippen molar-refractivity contribution >= 4 is 5.65 Å². The van der Waals surface area contributed by atoms with E-state index >= 15 is 0 Å². The molecule has 0 aliphatic rings. The van der Waals surface area contributed by atoms with Gasteiger partial charge in [0, 0.05) is 6.42 Å². The molecule has 2 aromatic heterocycles. The molecule has 0 amide bonds. The first kappa shape index (κ1) is 10.7. The molecule has 0 aliphatic heterocycles. The zero-order valence-electron chi connectivity index (χ0n) is 9.42. The summed E-state index contributed by atoms with van der Waals surface area (Å²) in [7, 11) is 0. The van der Waals surface area contributed by atoms with Crippen molar-refractivity contribution in [2.75, 3.05) is 0 Å². The van der Waals surface area contributed by atoms with Crippen molar-refractivity contribution in [3.05, 3.63) is 59.8 Å². The van der Waals surface area contributed by atoms with Gasteiger partial charge in [-0.15, -0.1) is 0 Å². The summed E-state index contributed by atoms with van der Waals surface area (Å²) in [6.07, 6.45) is 1.94. The number of hydrogen-bond donors (Lipinski definition) is 1. The molecule has 0 saturated heterocycles. The van der Waals surface area contributed by atoms with Gasteiger partial charge in [-0.3, -0.25) is 0 Å². The lowest BCUT2D eigenvalue weighted by molar-refractivity contribution is 0.470. The highest BCUT2D eigenvalue weighted by molar-refractivity contribution is 5.40. The summed E-state index contributed by atoms with van der Waals surface area (Å²) in [6, 6.07) is 9.58. The van der Waals surface area contributed by atoms with Crippen molar-refractivity contribution in [3.8, 4) is 5.75 Å². The fourth-order valence-electron chi connectivity index (χ4n) is 1.82. The molecule has 0 fully saturated rings. The number of fused-ring (bicyclic) bond motifs is 1. The highest BCUT2D eigenvalue weighted by atomic mass is 19.1. The Labute approximate surface area is 102 Å². The van der Waals surface area contributed by atoms with E-state index in [1.54, 1.807) is 18.2 Å². The van der Waals surface area contributed by atoms with Gasteiger partial charge in [0.05, 0.1) is 6.20 Å². The van der Waals surface area contributed by atoms with Gasteiger partial charge in [0.1, 0.15) is 11.6 Å². The normalized spacial score (nSPS) is 10.9. The molecule has 0 radical (unpaired) electrons. The van der Waals surface area contributed by atoms with Crippen LogP contribution in [0.4, 0.5) is 4.39 Å². The van der Waals surface area contributed by atoms with E-state index in [0.717, 1.165) is 5.56 Å². The second kappa shape index (κ2) is 4.10. The lowest BCUT2D eigenvalue weighted by atomic mass is 10.1. The maximum atomic E-state index is 13.0. The van der Waals surface area contributed by atoms with Gasteiger partial charge < -0.3 is 5.11 Å². The van der Waals surface area contributed by atoms with E-state index in [1.165, 1.54) is 22.8 Å². The van der Waals surface area contributed by atoms with Crippen LogP contribution in [0.3, 0.4) is 0 Å². The molecule has 0 spiro atoms. The van der Waals surface area contributed by atoms with E-state index in [-0.39, 0.29) is 11.6 Å². The third kappa shape index (κ3) is 2.02. The van der Waals surface area contributed by atoms with E-state index in [4.69, 9.17) is 0 Å². The Morgan fingerprint density at radius 3 is 2.94 bits per heavy atom. The number of aromatic nitrogens is 3. The molecule has 18 heavy (non-hydrogen) atoms. The maximum absolute atomic E-state index is 13.0. The van der Waals surface area contributed by atoms with Crippen LogP contribution >= 0.6 is 0 Å². The molecule has 0 unspecified atom stereocenters. The van der Waals surface area contributed by atoms with Crippen LogP contribution in [0.5, 0.6) is 5.75 Å². The van der Waals surface area contributed by atoms with Crippen molar-refractivity contribution in [1.29, 1.82) is 0 Å². The quantitative estimate of drug-likeness (QED) is 0.750. The van der Waals surface area contributed by atoms with Crippen molar-refractivity contribution in [3.63, 3.8) is 0 Å². The SMILES string of the molecule is Oc1ccc2nc(Cc3cccc(F)c3)nn2c1. The van der Waals surface area contributed by atoms with Crippen LogP contribution in [0.1, 0.15) is 11.4 Å². The lowest BCUT2D eigenvalue weighted by Crippen LogP contribution is -1.92. The van der Waals surface area contributed by atoms with Crippen molar-refractivity contribution < 1.29 is 9.50 Å². The molecule has 4 nitrogen and oxygen atoms in total. The minimum Gasteiger partial charge on any atom is -0.506 e. The molecule has 2 heterocycles. The monoisotopic (exact) mass is 243 g/mol. The van der Waals surface area contributed by atoms with Gasteiger partial charge in [0.2, 0.25) is 0 Å². The van der Waals surface area contributed by atoms with Gasteiger partial charge in [-0.25, -0.2) is 13.9 Å². The molecule has 0 bridgehead atoms. The topological polar surface area (TPSA) is 50.4 Å². The second-order valence-corrected chi connectivity index (χ2v) is 4.02. The van der Waals surface area contributed by atoms with E-state index in [9.17, 15) is 9.50 Å². The zero-order valence-corrected chi connectivity index (χ0v) is 9.42. The van der Waals surface area contributed by atoms with Gasteiger partial charge in [0.15, 0.2) is 11.5 Å². The third-order valence-corrected chi connectivity index (χ3v) is 2.61. The van der Waals surface area contributed by atoms with Gasteiger partial charge >= 0.3 is 0 Å². The molecule has 1 N–H and O–H groups in total. The number of nitrogens with zero attached hydrogens (tertiary/aromatic N) is 3. The Hall–Kier alpha value is -2.43. The Balaban J connectivity index is 1.95. The van der Waals surface area contributed by atoms with Crippen molar-refractivity contribution in [1.82, 2.24) is 14.6 Å². The predicted octanol–water partition coefficient (Wildman–Crippen LogP) is 2.16. The number of hydrogen-bond acceptors (Lipinski definition) is 3. The molecule has 5 heteroatoms. The van der Waals surface area contributed by atoms with Gasteiger partial charge in [0.25, 0.3) is 0 Å². The van der Waals surface area contributed by atoms with Crippen LogP contribution in [0.25, 0.3) is 5.65 Å². The van der Waals surface area contributed by atoms with Gasteiger partial charge in [-0.1, -0.05) is 12.1 Å². The summed E-state index contributed by atoms with van der Waals surface area (Å²) in [5, 5.41) is 13.5. The minimum absolute atomic E-state index is 0.129. The van der Waals surface area contributed by atoms with Crippen LogP contribution in [-0.2, 0) is 6.42 Å². The molecule has 0 saturated carbocycles. The van der Waals surface area contributed by atoms with E-state index in [0.29, 0.717) is 17.9 Å². The fourth-order valence-corrected chi connectivity index (χ4v) is 1.82. The molecule has 3 aromatic rings. The first-order chi connectivity index (χ1) is 8.70. The number of benzene rings is 1. The van der Waals surface area contributed by atoms with E-state index in [1.807, 2.05) is 6.07 Å². The standard InChI is InChI=1S/C13H10FN3O/c14-10-3-1-2-9(6-10)7-12-15-13-5-4-11(18)8-17(13)16-12/h1-6,8,18H,7H2. The largest absolute Gasteiger partial charge is 0.506 e. The van der Waals surface area contributed by atoms with Crippen LogP contribution in [0.2, 0.25) is 0 Å². The van der Waals surface area contributed by atoms with Crippen LogP contribution in [0.15, 0.2) is 42.6 Å². The zero-order chi connectivity index (χ0) is 12.5. The van der Waals surface area contributed by atoms with Crippen LogP contribution in [0, 0.1) is 5.82 Å². The first-order valence-corrected chi connectivity index (χ1v) is 5.49. The van der Waals surface area contributed by atoms with E-state index in [2.05, 4.69) is 10.1 Å². The molecule has 0 aliphatic carbocycles. The van der Waals surface area contributed by atoms with Gasteiger partial charge in [-0.05, 0) is 29.8 Å². The fraction of sp³-hybridized carbons (Fsp3) is 0.0769. The Morgan fingerprint density at radius 1 is 1.22 bits per heavy atom. The average molecular weight is 243 g/mol. The number of aromatic hydroxyl groups is 1. The number of halogens is 1. The molecule has 0 atom stereocenters. The molecular formula is C13H10FN3O. The summed E-state index contributed by atoms with van der Waals surface area (Å²) in [6.45, 7) is 0. The van der Waals surface area contributed by atoms with Crippen molar-refractivity contribution in [2.45, 2.75) is 6.42 Å². The summed E-state index contributed by atoms with van der Waals surface area (Å²) in [5.74, 6) is 0.449. The number of pyridine rings is 1. The van der Waals surface area contributed by atoms with Crippen molar-refractivity contribution in [2.24, 2.45) is 0 Å². The highest BCUT2D eigenvalue weighted by Crippen LogP contribution is 2.12.